The van der Waals surface area contributed by atoms with E-state index in [9.17, 15) is 9.59 Å². The Morgan fingerprint density at radius 3 is 2.63 bits per heavy atom. The summed E-state index contributed by atoms with van der Waals surface area (Å²) in [6.07, 6.45) is 0.0474. The quantitative estimate of drug-likeness (QED) is 0.843. The lowest BCUT2D eigenvalue weighted by Gasteiger charge is -2.15. The number of benzene rings is 1. The van der Waals surface area contributed by atoms with Crippen LogP contribution in [0.3, 0.4) is 0 Å². The van der Waals surface area contributed by atoms with Crippen molar-refractivity contribution in [1.82, 2.24) is 5.32 Å². The van der Waals surface area contributed by atoms with Gasteiger partial charge in [0, 0.05) is 18.0 Å². The highest BCUT2D eigenvalue weighted by Crippen LogP contribution is 2.19. The average molecular weight is 284 g/mol. The molecule has 0 aliphatic heterocycles. The predicted octanol–water partition coefficient (Wildman–Crippen LogP) is 2.67. The summed E-state index contributed by atoms with van der Waals surface area (Å²) in [5.41, 5.74) is 0.843. The van der Waals surface area contributed by atoms with Gasteiger partial charge in [-0.1, -0.05) is 30.7 Å². The second kappa shape index (κ2) is 7.14. The van der Waals surface area contributed by atoms with Gasteiger partial charge in [-0.3, -0.25) is 9.59 Å². The minimum atomic E-state index is -0.857. The maximum atomic E-state index is 11.9. The van der Waals surface area contributed by atoms with Gasteiger partial charge in [-0.05, 0) is 30.5 Å². The standard InChI is InChI=1S/C14H18ClNO3/c1-9(6-13(17)18)8-16-14(19)10(2)11-4-3-5-12(15)7-11/h3-5,7,9-10H,6,8H2,1-2H3,(H,16,19)(H,17,18). The van der Waals surface area contributed by atoms with Crippen LogP contribution in [0, 0.1) is 5.92 Å². The molecule has 0 aliphatic carbocycles. The van der Waals surface area contributed by atoms with Crippen LogP contribution in [0.25, 0.3) is 0 Å². The number of carboxylic acids is 1. The van der Waals surface area contributed by atoms with E-state index in [1.807, 2.05) is 6.07 Å². The lowest BCUT2D eigenvalue weighted by atomic mass is 10.00. The summed E-state index contributed by atoms with van der Waals surface area (Å²) in [5, 5.41) is 12.0. The number of carbonyl (C=O) groups excluding carboxylic acids is 1. The molecule has 1 rings (SSSR count). The zero-order valence-electron chi connectivity index (χ0n) is 11.0. The van der Waals surface area contributed by atoms with Gasteiger partial charge in [-0.15, -0.1) is 0 Å². The Morgan fingerprint density at radius 1 is 1.37 bits per heavy atom. The minimum absolute atomic E-state index is 0.0474. The molecular weight excluding hydrogens is 266 g/mol. The van der Waals surface area contributed by atoms with Gasteiger partial charge in [0.2, 0.25) is 5.91 Å². The van der Waals surface area contributed by atoms with Crippen molar-refractivity contribution in [2.45, 2.75) is 26.2 Å². The zero-order chi connectivity index (χ0) is 14.4. The van der Waals surface area contributed by atoms with Crippen molar-refractivity contribution >= 4 is 23.5 Å². The molecule has 0 spiro atoms. The Kier molecular flexibility index (Phi) is 5.83. The van der Waals surface area contributed by atoms with Crippen LogP contribution in [0.5, 0.6) is 0 Å². The Bertz CT molecular complexity index is 462. The first-order valence-electron chi connectivity index (χ1n) is 6.15. The molecule has 0 aromatic heterocycles. The molecule has 1 aromatic carbocycles. The fourth-order valence-electron chi connectivity index (χ4n) is 1.73. The van der Waals surface area contributed by atoms with Crippen molar-refractivity contribution in [1.29, 1.82) is 0 Å². The van der Waals surface area contributed by atoms with Crippen molar-refractivity contribution in [3.8, 4) is 0 Å². The second-order valence-corrected chi connectivity index (χ2v) is 5.16. The summed E-state index contributed by atoms with van der Waals surface area (Å²) in [5.74, 6) is -1.38. The van der Waals surface area contributed by atoms with Crippen LogP contribution in [0.15, 0.2) is 24.3 Å². The van der Waals surface area contributed by atoms with Crippen molar-refractivity contribution in [2.24, 2.45) is 5.92 Å². The lowest BCUT2D eigenvalue weighted by Crippen LogP contribution is -2.32. The van der Waals surface area contributed by atoms with Gasteiger partial charge in [0.25, 0.3) is 0 Å². The van der Waals surface area contributed by atoms with Crippen molar-refractivity contribution in [3.63, 3.8) is 0 Å². The SMILES string of the molecule is CC(CNC(=O)C(C)c1cccc(Cl)c1)CC(=O)O. The summed E-state index contributed by atoms with van der Waals surface area (Å²) in [4.78, 5) is 22.5. The molecule has 19 heavy (non-hydrogen) atoms. The zero-order valence-corrected chi connectivity index (χ0v) is 11.8. The molecule has 1 aromatic rings. The molecule has 2 atom stereocenters. The molecule has 2 N–H and O–H groups in total. The fraction of sp³-hybridized carbons (Fsp3) is 0.429. The molecule has 104 valence electrons. The molecule has 0 fully saturated rings. The summed E-state index contributed by atoms with van der Waals surface area (Å²) in [6.45, 7) is 3.94. The van der Waals surface area contributed by atoms with Crippen LogP contribution in [-0.4, -0.2) is 23.5 Å². The van der Waals surface area contributed by atoms with Gasteiger partial charge in [0.15, 0.2) is 0 Å². The first-order chi connectivity index (χ1) is 8.90. The number of carbonyl (C=O) groups is 2. The Hall–Kier alpha value is -1.55. The predicted molar refractivity (Wildman–Crippen MR) is 74.3 cm³/mol. The number of hydrogen-bond donors (Lipinski definition) is 2. The van der Waals surface area contributed by atoms with E-state index in [1.165, 1.54) is 0 Å². The summed E-state index contributed by atoms with van der Waals surface area (Å²) < 4.78 is 0. The monoisotopic (exact) mass is 283 g/mol. The molecule has 0 aliphatic rings. The van der Waals surface area contributed by atoms with Gasteiger partial charge in [0.1, 0.15) is 0 Å². The molecular formula is C14H18ClNO3. The van der Waals surface area contributed by atoms with E-state index < -0.39 is 5.97 Å². The van der Waals surface area contributed by atoms with Gasteiger partial charge < -0.3 is 10.4 Å². The van der Waals surface area contributed by atoms with Crippen LogP contribution in [0.1, 0.15) is 31.7 Å². The molecule has 0 saturated carbocycles. The maximum Gasteiger partial charge on any atom is 0.303 e. The van der Waals surface area contributed by atoms with E-state index in [0.717, 1.165) is 5.56 Å². The summed E-state index contributed by atoms with van der Waals surface area (Å²) in [7, 11) is 0. The molecule has 2 unspecified atom stereocenters. The number of amides is 1. The maximum absolute atomic E-state index is 11.9. The summed E-state index contributed by atoms with van der Waals surface area (Å²) >= 11 is 5.88. The van der Waals surface area contributed by atoms with Crippen LogP contribution in [0.2, 0.25) is 5.02 Å². The highest BCUT2D eigenvalue weighted by molar-refractivity contribution is 6.30. The number of aliphatic carboxylic acids is 1. The molecule has 5 heteroatoms. The van der Waals surface area contributed by atoms with Crippen molar-refractivity contribution < 1.29 is 14.7 Å². The first-order valence-corrected chi connectivity index (χ1v) is 6.53. The van der Waals surface area contributed by atoms with E-state index >= 15 is 0 Å². The van der Waals surface area contributed by atoms with E-state index in [2.05, 4.69) is 5.32 Å². The van der Waals surface area contributed by atoms with E-state index in [-0.39, 0.29) is 24.2 Å². The van der Waals surface area contributed by atoms with Gasteiger partial charge in [-0.25, -0.2) is 0 Å². The van der Waals surface area contributed by atoms with Crippen LogP contribution in [-0.2, 0) is 9.59 Å². The number of rotatable bonds is 6. The average Bonchev–Trinajstić information content (AvgIpc) is 2.34. The van der Waals surface area contributed by atoms with Crippen LogP contribution in [0.4, 0.5) is 0 Å². The number of carboxylic acid groups (broad SMARTS) is 1. The highest BCUT2D eigenvalue weighted by atomic mass is 35.5. The van der Waals surface area contributed by atoms with E-state index in [4.69, 9.17) is 16.7 Å². The van der Waals surface area contributed by atoms with Crippen LogP contribution < -0.4 is 5.32 Å². The number of halogens is 1. The second-order valence-electron chi connectivity index (χ2n) is 4.72. The molecule has 0 saturated heterocycles. The van der Waals surface area contributed by atoms with Crippen molar-refractivity contribution in [3.05, 3.63) is 34.9 Å². The van der Waals surface area contributed by atoms with Gasteiger partial charge >= 0.3 is 5.97 Å². The van der Waals surface area contributed by atoms with Crippen LogP contribution >= 0.6 is 11.6 Å². The van der Waals surface area contributed by atoms with Crippen molar-refractivity contribution in [2.75, 3.05) is 6.54 Å². The van der Waals surface area contributed by atoms with Gasteiger partial charge in [-0.2, -0.15) is 0 Å². The Labute approximate surface area is 117 Å². The smallest absolute Gasteiger partial charge is 0.303 e. The molecule has 0 radical (unpaired) electrons. The third-order valence-electron chi connectivity index (χ3n) is 2.89. The number of hydrogen-bond acceptors (Lipinski definition) is 2. The Balaban J connectivity index is 2.51. The first kappa shape index (κ1) is 15.5. The molecule has 0 heterocycles. The molecule has 4 nitrogen and oxygen atoms in total. The number of nitrogens with one attached hydrogen (secondary N) is 1. The fourth-order valence-corrected chi connectivity index (χ4v) is 1.92. The van der Waals surface area contributed by atoms with E-state index in [1.54, 1.807) is 32.0 Å². The Morgan fingerprint density at radius 2 is 2.05 bits per heavy atom. The summed E-state index contributed by atoms with van der Waals surface area (Å²) in [6, 6.07) is 7.16. The largest absolute Gasteiger partial charge is 0.481 e. The molecule has 0 bridgehead atoms. The lowest BCUT2D eigenvalue weighted by molar-refractivity contribution is -0.138. The third kappa shape index (κ3) is 5.30. The normalized spacial score (nSPS) is 13.6. The topological polar surface area (TPSA) is 66.4 Å². The highest BCUT2D eigenvalue weighted by Gasteiger charge is 2.16. The third-order valence-corrected chi connectivity index (χ3v) is 3.12. The minimum Gasteiger partial charge on any atom is -0.481 e. The van der Waals surface area contributed by atoms with E-state index in [0.29, 0.717) is 11.6 Å². The molecule has 1 amide bonds. The van der Waals surface area contributed by atoms with Gasteiger partial charge in [0.05, 0.1) is 5.92 Å².